The Bertz CT molecular complexity index is 633. The van der Waals surface area contributed by atoms with Crippen LogP contribution in [0, 0.1) is 13.8 Å². The normalized spacial score (nSPS) is 11.1. The van der Waals surface area contributed by atoms with Crippen LogP contribution in [0.25, 0.3) is 22.2 Å². The number of aromatic nitrogens is 4. The molecule has 0 radical (unpaired) electrons. The van der Waals surface area contributed by atoms with Crippen LogP contribution in [0.15, 0.2) is 23.0 Å². The molecule has 0 aliphatic carbocycles. The predicted octanol–water partition coefficient (Wildman–Crippen LogP) is 2.23. The van der Waals surface area contributed by atoms with E-state index >= 15 is 0 Å². The van der Waals surface area contributed by atoms with Crippen molar-refractivity contribution in [2.45, 2.75) is 13.8 Å². The van der Waals surface area contributed by atoms with Crippen molar-refractivity contribution in [1.82, 2.24) is 20.3 Å². The Morgan fingerprint density at radius 3 is 2.88 bits per heavy atom. The van der Waals surface area contributed by atoms with E-state index in [0.29, 0.717) is 0 Å². The highest BCUT2D eigenvalue weighted by Crippen LogP contribution is 2.27. The van der Waals surface area contributed by atoms with Crippen LogP contribution in [0.5, 0.6) is 0 Å². The number of hydrogen-bond acceptors (Lipinski definition) is 4. The second-order valence-corrected chi connectivity index (χ2v) is 3.73. The van der Waals surface area contributed by atoms with E-state index in [1.54, 1.807) is 12.4 Å². The zero-order chi connectivity index (χ0) is 11.1. The lowest BCUT2D eigenvalue weighted by molar-refractivity contribution is 0.393. The lowest BCUT2D eigenvalue weighted by Gasteiger charge is -1.99. The third-order valence-corrected chi connectivity index (χ3v) is 2.61. The van der Waals surface area contributed by atoms with Crippen molar-refractivity contribution in [3.8, 4) is 11.1 Å². The predicted molar refractivity (Wildman–Crippen MR) is 58.9 cm³/mol. The second-order valence-electron chi connectivity index (χ2n) is 3.73. The molecule has 16 heavy (non-hydrogen) atoms. The van der Waals surface area contributed by atoms with Gasteiger partial charge in [0.25, 0.3) is 0 Å². The zero-order valence-electron chi connectivity index (χ0n) is 8.98. The van der Waals surface area contributed by atoms with Crippen molar-refractivity contribution >= 4 is 11.0 Å². The topological polar surface area (TPSA) is 67.6 Å². The number of hydrogen-bond donors (Lipinski definition) is 1. The number of H-pyrrole nitrogens is 1. The standard InChI is InChI=1S/C11H10N4O/c1-6-10(7(2)16-15-6)8-3-9-5-13-14-11(9)12-4-8/h3-5H,1-2H3,(H,12,13,14). The number of nitrogens with zero attached hydrogens (tertiary/aromatic N) is 3. The first kappa shape index (κ1) is 9.08. The molecular formula is C11H10N4O. The molecule has 0 amide bonds. The molecule has 3 heterocycles. The molecule has 0 fully saturated rings. The molecule has 3 aromatic heterocycles. The van der Waals surface area contributed by atoms with Gasteiger partial charge in [-0.3, -0.25) is 5.10 Å². The van der Waals surface area contributed by atoms with Crippen LogP contribution in [0.3, 0.4) is 0 Å². The van der Waals surface area contributed by atoms with Crippen LogP contribution >= 0.6 is 0 Å². The molecule has 3 rings (SSSR count). The fourth-order valence-electron chi connectivity index (χ4n) is 1.87. The van der Waals surface area contributed by atoms with Crippen LogP contribution < -0.4 is 0 Å². The molecule has 3 aromatic rings. The first-order valence-electron chi connectivity index (χ1n) is 4.98. The summed E-state index contributed by atoms with van der Waals surface area (Å²) in [6.07, 6.45) is 3.55. The number of aromatic amines is 1. The molecule has 5 heteroatoms. The number of nitrogens with one attached hydrogen (secondary N) is 1. The van der Waals surface area contributed by atoms with Crippen molar-refractivity contribution in [3.05, 3.63) is 29.9 Å². The maximum Gasteiger partial charge on any atom is 0.155 e. The summed E-state index contributed by atoms with van der Waals surface area (Å²) >= 11 is 0. The van der Waals surface area contributed by atoms with E-state index in [4.69, 9.17) is 4.52 Å². The van der Waals surface area contributed by atoms with Gasteiger partial charge < -0.3 is 4.52 Å². The van der Waals surface area contributed by atoms with Crippen LogP contribution in [0.2, 0.25) is 0 Å². The maximum absolute atomic E-state index is 5.14. The van der Waals surface area contributed by atoms with Gasteiger partial charge in [-0.05, 0) is 19.9 Å². The third kappa shape index (κ3) is 1.21. The fraction of sp³-hybridized carbons (Fsp3) is 0.182. The van der Waals surface area contributed by atoms with Gasteiger partial charge in [-0.2, -0.15) is 5.10 Å². The van der Waals surface area contributed by atoms with Crippen LogP contribution in [0.4, 0.5) is 0 Å². The van der Waals surface area contributed by atoms with Gasteiger partial charge in [0.05, 0.1) is 11.9 Å². The first-order chi connectivity index (χ1) is 7.75. The Morgan fingerprint density at radius 2 is 2.12 bits per heavy atom. The Hall–Kier alpha value is -2.17. The quantitative estimate of drug-likeness (QED) is 0.674. The monoisotopic (exact) mass is 214 g/mol. The van der Waals surface area contributed by atoms with E-state index in [9.17, 15) is 0 Å². The number of pyridine rings is 1. The summed E-state index contributed by atoms with van der Waals surface area (Å²) < 4.78 is 5.14. The molecule has 80 valence electrons. The molecule has 0 saturated heterocycles. The average molecular weight is 214 g/mol. The van der Waals surface area contributed by atoms with Gasteiger partial charge in [-0.25, -0.2) is 4.98 Å². The summed E-state index contributed by atoms with van der Waals surface area (Å²) in [7, 11) is 0. The summed E-state index contributed by atoms with van der Waals surface area (Å²) in [6, 6.07) is 2.03. The molecule has 5 nitrogen and oxygen atoms in total. The van der Waals surface area contributed by atoms with Crippen molar-refractivity contribution < 1.29 is 4.52 Å². The zero-order valence-corrected chi connectivity index (χ0v) is 8.98. The number of aryl methyl sites for hydroxylation is 2. The highest BCUT2D eigenvalue weighted by atomic mass is 16.5. The highest BCUT2D eigenvalue weighted by Gasteiger charge is 2.12. The average Bonchev–Trinajstić information content (AvgIpc) is 2.85. The number of rotatable bonds is 1. The van der Waals surface area contributed by atoms with Crippen molar-refractivity contribution in [1.29, 1.82) is 0 Å². The van der Waals surface area contributed by atoms with E-state index in [1.165, 1.54) is 0 Å². The summed E-state index contributed by atoms with van der Waals surface area (Å²) in [5.41, 5.74) is 3.68. The van der Waals surface area contributed by atoms with Gasteiger partial charge in [0.15, 0.2) is 5.65 Å². The Balaban J connectivity index is 2.25. The van der Waals surface area contributed by atoms with Gasteiger partial charge in [-0.1, -0.05) is 5.16 Å². The van der Waals surface area contributed by atoms with Gasteiger partial charge in [0.1, 0.15) is 5.76 Å². The molecule has 0 aliphatic rings. The molecule has 0 atom stereocenters. The van der Waals surface area contributed by atoms with Crippen LogP contribution in [-0.4, -0.2) is 20.3 Å². The molecule has 0 aromatic carbocycles. The van der Waals surface area contributed by atoms with E-state index < -0.39 is 0 Å². The fourth-order valence-corrected chi connectivity index (χ4v) is 1.87. The van der Waals surface area contributed by atoms with Crippen LogP contribution in [-0.2, 0) is 0 Å². The molecule has 0 unspecified atom stereocenters. The van der Waals surface area contributed by atoms with E-state index in [2.05, 4.69) is 20.3 Å². The van der Waals surface area contributed by atoms with Crippen molar-refractivity contribution in [2.24, 2.45) is 0 Å². The van der Waals surface area contributed by atoms with E-state index in [1.807, 2.05) is 19.9 Å². The third-order valence-electron chi connectivity index (χ3n) is 2.61. The molecule has 0 spiro atoms. The molecular weight excluding hydrogens is 204 g/mol. The molecule has 0 saturated carbocycles. The summed E-state index contributed by atoms with van der Waals surface area (Å²) in [6.45, 7) is 3.82. The largest absolute Gasteiger partial charge is 0.361 e. The summed E-state index contributed by atoms with van der Waals surface area (Å²) in [4.78, 5) is 4.29. The highest BCUT2D eigenvalue weighted by molar-refractivity contribution is 5.81. The maximum atomic E-state index is 5.14. The van der Waals surface area contributed by atoms with Crippen molar-refractivity contribution in [2.75, 3.05) is 0 Å². The SMILES string of the molecule is Cc1noc(C)c1-c1cnc2[nH]ncc2c1. The van der Waals surface area contributed by atoms with E-state index in [-0.39, 0.29) is 0 Å². The Kier molecular flexibility index (Phi) is 1.80. The van der Waals surface area contributed by atoms with Crippen LogP contribution in [0.1, 0.15) is 11.5 Å². The number of fused-ring (bicyclic) bond motifs is 1. The van der Waals surface area contributed by atoms with Gasteiger partial charge in [0, 0.05) is 22.7 Å². The van der Waals surface area contributed by atoms with Crippen molar-refractivity contribution in [3.63, 3.8) is 0 Å². The van der Waals surface area contributed by atoms with Gasteiger partial charge in [-0.15, -0.1) is 0 Å². The Morgan fingerprint density at radius 1 is 1.25 bits per heavy atom. The minimum absolute atomic E-state index is 0.788. The minimum atomic E-state index is 0.788. The minimum Gasteiger partial charge on any atom is -0.361 e. The van der Waals surface area contributed by atoms with Gasteiger partial charge >= 0.3 is 0 Å². The molecule has 0 bridgehead atoms. The summed E-state index contributed by atoms with van der Waals surface area (Å²) in [5.74, 6) is 0.808. The first-order valence-corrected chi connectivity index (χ1v) is 4.98. The lowest BCUT2D eigenvalue weighted by atomic mass is 10.1. The Labute approximate surface area is 91.5 Å². The van der Waals surface area contributed by atoms with Gasteiger partial charge in [0.2, 0.25) is 0 Å². The lowest BCUT2D eigenvalue weighted by Crippen LogP contribution is -1.84. The smallest absolute Gasteiger partial charge is 0.155 e. The second kappa shape index (κ2) is 3.16. The van der Waals surface area contributed by atoms with E-state index in [0.717, 1.165) is 33.6 Å². The summed E-state index contributed by atoms with van der Waals surface area (Å²) in [5, 5.41) is 11.7. The molecule has 0 aliphatic heterocycles. The molecule has 1 N–H and O–H groups in total.